The molecular formula is C15H29N3O. The van der Waals surface area contributed by atoms with E-state index in [-0.39, 0.29) is 0 Å². The van der Waals surface area contributed by atoms with Gasteiger partial charge < -0.3 is 15.1 Å². The van der Waals surface area contributed by atoms with E-state index in [0.717, 1.165) is 38.6 Å². The van der Waals surface area contributed by atoms with Gasteiger partial charge in [0.25, 0.3) is 0 Å². The summed E-state index contributed by atoms with van der Waals surface area (Å²) in [7, 11) is 2.01. The first-order chi connectivity index (χ1) is 9.20. The summed E-state index contributed by atoms with van der Waals surface area (Å²) in [6.45, 7) is 7.18. The van der Waals surface area contributed by atoms with Gasteiger partial charge in [0.1, 0.15) is 0 Å². The maximum absolute atomic E-state index is 12.5. The van der Waals surface area contributed by atoms with Crippen LogP contribution in [0.4, 0.5) is 4.79 Å². The molecule has 2 heterocycles. The third-order valence-electron chi connectivity index (χ3n) is 4.62. The number of carbonyl (C=O) groups excluding carboxylic acids is 1. The van der Waals surface area contributed by atoms with Crippen LogP contribution in [0, 0.1) is 11.8 Å². The fourth-order valence-electron chi connectivity index (χ4n) is 3.32. The topological polar surface area (TPSA) is 35.6 Å². The minimum Gasteiger partial charge on any atom is -0.325 e. The first kappa shape index (κ1) is 14.6. The monoisotopic (exact) mass is 267 g/mol. The molecule has 0 radical (unpaired) electrons. The van der Waals surface area contributed by atoms with Gasteiger partial charge in [-0.1, -0.05) is 6.92 Å². The zero-order valence-corrected chi connectivity index (χ0v) is 12.5. The lowest BCUT2D eigenvalue weighted by molar-refractivity contribution is 0.114. The van der Waals surface area contributed by atoms with Gasteiger partial charge in [-0.25, -0.2) is 4.79 Å². The molecule has 2 amide bonds. The summed E-state index contributed by atoms with van der Waals surface area (Å²) in [4.78, 5) is 16.6. The molecule has 4 nitrogen and oxygen atoms in total. The average molecular weight is 267 g/mol. The molecule has 2 rings (SSSR count). The molecule has 2 aliphatic heterocycles. The average Bonchev–Trinajstić information content (AvgIpc) is 2.45. The second-order valence-electron chi connectivity index (χ2n) is 6.30. The van der Waals surface area contributed by atoms with Crippen LogP contribution in [-0.2, 0) is 0 Å². The minimum absolute atomic E-state index is 0.290. The molecule has 0 aliphatic carbocycles. The summed E-state index contributed by atoms with van der Waals surface area (Å²) in [5.41, 5.74) is 0. The van der Waals surface area contributed by atoms with Gasteiger partial charge in [0.05, 0.1) is 0 Å². The minimum atomic E-state index is 0.290. The number of amides is 2. The Balaban J connectivity index is 1.75. The van der Waals surface area contributed by atoms with Crippen molar-refractivity contribution >= 4 is 6.03 Å². The largest absolute Gasteiger partial charge is 0.325 e. The van der Waals surface area contributed by atoms with Crippen LogP contribution in [0.25, 0.3) is 0 Å². The predicted molar refractivity (Wildman–Crippen MR) is 78.2 cm³/mol. The summed E-state index contributed by atoms with van der Waals surface area (Å²) in [6, 6.07) is 0.290. The Morgan fingerprint density at radius 1 is 1.16 bits per heavy atom. The van der Waals surface area contributed by atoms with Gasteiger partial charge in [-0.05, 0) is 57.5 Å². The van der Waals surface area contributed by atoms with Gasteiger partial charge in [-0.15, -0.1) is 0 Å². The Kier molecular flexibility index (Phi) is 5.49. The van der Waals surface area contributed by atoms with Crippen molar-refractivity contribution in [2.45, 2.75) is 39.0 Å². The number of nitrogens with one attached hydrogen (secondary N) is 1. The van der Waals surface area contributed by atoms with Gasteiger partial charge >= 0.3 is 6.03 Å². The normalized spacial score (nSPS) is 25.7. The molecule has 1 unspecified atom stereocenters. The van der Waals surface area contributed by atoms with Crippen molar-refractivity contribution in [1.29, 1.82) is 0 Å². The van der Waals surface area contributed by atoms with Crippen LogP contribution in [0.5, 0.6) is 0 Å². The second-order valence-corrected chi connectivity index (χ2v) is 6.30. The maximum atomic E-state index is 12.5. The fraction of sp³-hybridized carbons (Fsp3) is 0.933. The van der Waals surface area contributed by atoms with E-state index >= 15 is 0 Å². The number of hydrogen-bond donors (Lipinski definition) is 1. The van der Waals surface area contributed by atoms with E-state index in [1.807, 2.05) is 7.05 Å². The molecule has 1 atom stereocenters. The summed E-state index contributed by atoms with van der Waals surface area (Å²) >= 11 is 0. The van der Waals surface area contributed by atoms with Crippen LogP contribution in [0.3, 0.4) is 0 Å². The van der Waals surface area contributed by atoms with E-state index in [1.54, 1.807) is 0 Å². The van der Waals surface area contributed by atoms with E-state index in [9.17, 15) is 4.79 Å². The van der Waals surface area contributed by atoms with Gasteiger partial charge in [-0.2, -0.15) is 0 Å². The Morgan fingerprint density at radius 3 is 2.53 bits per heavy atom. The van der Waals surface area contributed by atoms with E-state index in [0.29, 0.717) is 11.9 Å². The van der Waals surface area contributed by atoms with E-state index in [2.05, 4.69) is 22.0 Å². The number of rotatable bonds is 3. The molecule has 2 aliphatic rings. The SMILES string of the molecule is CNCCC1CCN(C(=O)N2CCCC(C)C2)CC1. The lowest BCUT2D eigenvalue weighted by Gasteiger charge is -2.38. The first-order valence-corrected chi connectivity index (χ1v) is 7.89. The number of piperidine rings is 2. The van der Waals surface area contributed by atoms with Gasteiger partial charge in [0, 0.05) is 26.2 Å². The molecule has 110 valence electrons. The second kappa shape index (κ2) is 7.13. The van der Waals surface area contributed by atoms with Gasteiger partial charge in [0.2, 0.25) is 0 Å². The van der Waals surface area contributed by atoms with Crippen LogP contribution in [0.15, 0.2) is 0 Å². The summed E-state index contributed by atoms with van der Waals surface area (Å²) in [5.74, 6) is 1.47. The van der Waals surface area contributed by atoms with Crippen LogP contribution in [-0.4, -0.2) is 55.6 Å². The standard InChI is InChI=1S/C15H29N3O/c1-13-4-3-9-18(12-13)15(19)17-10-6-14(7-11-17)5-8-16-2/h13-14,16H,3-12H2,1-2H3. The Morgan fingerprint density at radius 2 is 1.89 bits per heavy atom. The molecule has 0 saturated carbocycles. The third-order valence-corrected chi connectivity index (χ3v) is 4.62. The molecule has 4 heteroatoms. The van der Waals surface area contributed by atoms with Crippen LogP contribution in [0.2, 0.25) is 0 Å². The van der Waals surface area contributed by atoms with Crippen molar-refractivity contribution in [2.24, 2.45) is 11.8 Å². The smallest absolute Gasteiger partial charge is 0.320 e. The summed E-state index contributed by atoms with van der Waals surface area (Å²) < 4.78 is 0. The molecular weight excluding hydrogens is 238 g/mol. The number of hydrogen-bond acceptors (Lipinski definition) is 2. The van der Waals surface area contributed by atoms with Crippen LogP contribution >= 0.6 is 0 Å². The summed E-state index contributed by atoms with van der Waals surface area (Å²) in [5, 5.41) is 3.22. The number of likely N-dealkylation sites (tertiary alicyclic amines) is 2. The molecule has 0 spiro atoms. The van der Waals surface area contributed by atoms with Crippen molar-refractivity contribution in [3.63, 3.8) is 0 Å². The van der Waals surface area contributed by atoms with Gasteiger partial charge in [-0.3, -0.25) is 0 Å². The first-order valence-electron chi connectivity index (χ1n) is 7.89. The highest BCUT2D eigenvalue weighted by molar-refractivity contribution is 5.74. The molecule has 1 N–H and O–H groups in total. The summed E-state index contributed by atoms with van der Waals surface area (Å²) in [6.07, 6.45) is 6.05. The molecule has 0 aromatic heterocycles. The number of urea groups is 1. The van der Waals surface area contributed by atoms with E-state index in [1.165, 1.54) is 32.1 Å². The Labute approximate surface area is 117 Å². The zero-order valence-electron chi connectivity index (χ0n) is 12.5. The lowest BCUT2D eigenvalue weighted by atomic mass is 9.93. The highest BCUT2D eigenvalue weighted by atomic mass is 16.2. The molecule has 19 heavy (non-hydrogen) atoms. The van der Waals surface area contributed by atoms with Crippen molar-refractivity contribution in [1.82, 2.24) is 15.1 Å². The highest BCUT2D eigenvalue weighted by Crippen LogP contribution is 2.23. The van der Waals surface area contributed by atoms with E-state index < -0.39 is 0 Å². The number of carbonyl (C=O) groups is 1. The zero-order chi connectivity index (χ0) is 13.7. The predicted octanol–water partition coefficient (Wildman–Crippen LogP) is 2.16. The lowest BCUT2D eigenvalue weighted by Crippen LogP contribution is -2.49. The van der Waals surface area contributed by atoms with Gasteiger partial charge in [0.15, 0.2) is 0 Å². The molecule has 0 aromatic carbocycles. The third kappa shape index (κ3) is 4.10. The van der Waals surface area contributed by atoms with Crippen molar-refractivity contribution in [3.8, 4) is 0 Å². The number of nitrogens with zero attached hydrogens (tertiary/aromatic N) is 2. The molecule has 2 saturated heterocycles. The van der Waals surface area contributed by atoms with Crippen molar-refractivity contribution in [3.05, 3.63) is 0 Å². The molecule has 2 fully saturated rings. The molecule has 0 bridgehead atoms. The Hall–Kier alpha value is -0.770. The van der Waals surface area contributed by atoms with E-state index in [4.69, 9.17) is 0 Å². The van der Waals surface area contributed by atoms with Crippen LogP contribution in [0.1, 0.15) is 39.0 Å². The highest BCUT2D eigenvalue weighted by Gasteiger charge is 2.28. The van der Waals surface area contributed by atoms with Crippen molar-refractivity contribution in [2.75, 3.05) is 39.8 Å². The Bertz CT molecular complexity index is 287. The quantitative estimate of drug-likeness (QED) is 0.850. The fourth-order valence-corrected chi connectivity index (χ4v) is 3.32. The molecule has 0 aromatic rings. The van der Waals surface area contributed by atoms with Crippen LogP contribution < -0.4 is 5.32 Å². The maximum Gasteiger partial charge on any atom is 0.320 e. The van der Waals surface area contributed by atoms with Crippen molar-refractivity contribution < 1.29 is 4.79 Å².